The number of ether oxygens (including phenoxy) is 1. The number of benzene rings is 1. The third-order valence-corrected chi connectivity index (χ3v) is 5.83. The zero-order valence-electron chi connectivity index (χ0n) is 15.8. The lowest BCUT2D eigenvalue weighted by molar-refractivity contribution is -0.385. The molecule has 156 valence electrons. The van der Waals surface area contributed by atoms with Gasteiger partial charge >= 0.3 is 11.6 Å². The van der Waals surface area contributed by atoms with Crippen molar-refractivity contribution in [3.8, 4) is 5.88 Å². The van der Waals surface area contributed by atoms with E-state index < -0.39 is 14.9 Å². The van der Waals surface area contributed by atoms with Crippen molar-refractivity contribution in [2.45, 2.75) is 31.2 Å². The maximum Gasteiger partial charge on any atom is 0.350 e. The second-order valence-electron chi connectivity index (χ2n) is 6.31. The van der Waals surface area contributed by atoms with E-state index in [-0.39, 0.29) is 42.1 Å². The molecule has 1 fully saturated rings. The van der Waals surface area contributed by atoms with Crippen LogP contribution in [0.4, 0.5) is 11.4 Å². The Balaban J connectivity index is 1.62. The van der Waals surface area contributed by atoms with Gasteiger partial charge in [-0.25, -0.2) is 13.1 Å². The molecule has 0 bridgehead atoms. The van der Waals surface area contributed by atoms with Crippen LogP contribution < -0.4 is 14.4 Å². The van der Waals surface area contributed by atoms with Gasteiger partial charge in [0.05, 0.1) is 23.0 Å². The molecule has 1 saturated heterocycles. The van der Waals surface area contributed by atoms with Crippen LogP contribution in [0.2, 0.25) is 0 Å². The maximum absolute atomic E-state index is 12.4. The van der Waals surface area contributed by atoms with Crippen molar-refractivity contribution < 1.29 is 22.9 Å². The molecule has 0 saturated carbocycles. The summed E-state index contributed by atoms with van der Waals surface area (Å²) >= 11 is 0. The molecule has 1 aliphatic rings. The van der Waals surface area contributed by atoms with E-state index >= 15 is 0 Å². The highest BCUT2D eigenvalue weighted by atomic mass is 32.2. The molecule has 0 atom stereocenters. The lowest BCUT2D eigenvalue weighted by Crippen LogP contribution is -2.28. The van der Waals surface area contributed by atoms with Crippen molar-refractivity contribution in [2.24, 2.45) is 0 Å². The lowest BCUT2D eigenvalue weighted by atomic mass is 10.3. The van der Waals surface area contributed by atoms with Crippen molar-refractivity contribution >= 4 is 27.3 Å². The Morgan fingerprint density at radius 2 is 2.03 bits per heavy atom. The zero-order chi connectivity index (χ0) is 21.0. The summed E-state index contributed by atoms with van der Waals surface area (Å²) in [6, 6.07) is 6.08. The van der Waals surface area contributed by atoms with Crippen LogP contribution >= 0.6 is 0 Å². The fraction of sp³-hybridized carbons (Fsp3) is 0.412. The fourth-order valence-electron chi connectivity index (χ4n) is 2.98. The van der Waals surface area contributed by atoms with Gasteiger partial charge in [-0.3, -0.25) is 19.6 Å². The van der Waals surface area contributed by atoms with E-state index in [1.165, 1.54) is 23.0 Å². The predicted octanol–water partition coefficient (Wildman–Crippen LogP) is 1.30. The summed E-state index contributed by atoms with van der Waals surface area (Å²) in [7, 11) is -3.77. The summed E-state index contributed by atoms with van der Waals surface area (Å²) in [6.07, 6.45) is 2.48. The van der Waals surface area contributed by atoms with E-state index in [2.05, 4.69) is 9.82 Å². The molecule has 3 rings (SSSR count). The van der Waals surface area contributed by atoms with Crippen molar-refractivity contribution in [1.82, 2.24) is 14.5 Å². The molecule has 29 heavy (non-hydrogen) atoms. The molecule has 0 radical (unpaired) electrons. The lowest BCUT2D eigenvalue weighted by Gasteiger charge is -2.16. The van der Waals surface area contributed by atoms with Crippen molar-refractivity contribution in [2.75, 3.05) is 24.6 Å². The van der Waals surface area contributed by atoms with E-state index in [0.29, 0.717) is 18.7 Å². The Labute approximate surface area is 167 Å². The predicted molar refractivity (Wildman–Crippen MR) is 103 cm³/mol. The number of carbonyl (C=O) groups excluding carboxylic acids is 1. The Hall–Kier alpha value is -2.99. The number of hydrogen-bond acceptors (Lipinski definition) is 7. The van der Waals surface area contributed by atoms with Gasteiger partial charge in [-0.2, -0.15) is 0 Å². The summed E-state index contributed by atoms with van der Waals surface area (Å²) in [5, 5.41) is 15.0. The van der Waals surface area contributed by atoms with Gasteiger partial charge in [0.25, 0.3) is 0 Å². The molecule has 0 aliphatic carbocycles. The number of aromatic nitrogens is 2. The van der Waals surface area contributed by atoms with Crippen LogP contribution in [0.5, 0.6) is 5.88 Å². The fourth-order valence-corrected chi connectivity index (χ4v) is 4.00. The first kappa shape index (κ1) is 20.7. The van der Waals surface area contributed by atoms with E-state index in [1.807, 2.05) is 0 Å². The van der Waals surface area contributed by atoms with Crippen LogP contribution in [0.3, 0.4) is 0 Å². The number of sulfonamides is 1. The molecule has 1 N–H and O–H groups in total. The van der Waals surface area contributed by atoms with Crippen LogP contribution in [0.15, 0.2) is 35.4 Å². The highest BCUT2D eigenvalue weighted by molar-refractivity contribution is 7.89. The molecular weight excluding hydrogens is 402 g/mol. The third kappa shape index (κ3) is 4.71. The van der Waals surface area contributed by atoms with Crippen LogP contribution in [0.1, 0.15) is 19.8 Å². The van der Waals surface area contributed by atoms with Crippen molar-refractivity contribution in [3.63, 3.8) is 0 Å². The number of hydrogen-bond donors (Lipinski definition) is 1. The first-order valence-corrected chi connectivity index (χ1v) is 10.5. The molecule has 2 aromatic rings. The molecule has 2 heterocycles. The minimum atomic E-state index is -3.77. The molecular formula is C17H21N5O6S. The van der Waals surface area contributed by atoms with Crippen LogP contribution in [0, 0.1) is 10.1 Å². The molecule has 0 unspecified atom stereocenters. The number of nitrogens with one attached hydrogen (secondary N) is 1. The number of nitrogens with zero attached hydrogens (tertiary/aromatic N) is 4. The molecule has 12 heteroatoms. The number of nitro groups is 1. The van der Waals surface area contributed by atoms with Gasteiger partial charge in [-0.05, 0) is 37.6 Å². The number of anilines is 1. The topological polar surface area (TPSA) is 137 Å². The van der Waals surface area contributed by atoms with E-state index in [4.69, 9.17) is 4.74 Å². The highest BCUT2D eigenvalue weighted by Gasteiger charge is 2.23. The number of carbonyl (C=O) groups is 1. The van der Waals surface area contributed by atoms with Gasteiger partial charge in [0.1, 0.15) is 6.20 Å². The number of amides is 1. The Kier molecular flexibility index (Phi) is 6.13. The van der Waals surface area contributed by atoms with E-state index in [1.54, 1.807) is 24.0 Å². The smallest absolute Gasteiger partial charge is 0.350 e. The average Bonchev–Trinajstić information content (AvgIpc) is 3.28. The Morgan fingerprint density at radius 1 is 1.31 bits per heavy atom. The van der Waals surface area contributed by atoms with Gasteiger partial charge in [0, 0.05) is 25.2 Å². The zero-order valence-corrected chi connectivity index (χ0v) is 16.6. The SMILES string of the molecule is CCOc1nn(CCNS(=O)(=O)c2ccc(N3CCCC3=O)cc2)cc1[N+](=O)[O-]. The van der Waals surface area contributed by atoms with E-state index in [0.717, 1.165) is 6.42 Å². The van der Waals surface area contributed by atoms with Gasteiger partial charge < -0.3 is 9.64 Å². The summed E-state index contributed by atoms with van der Waals surface area (Å²) in [4.78, 5) is 23.9. The second-order valence-corrected chi connectivity index (χ2v) is 8.08. The van der Waals surface area contributed by atoms with Crippen molar-refractivity contribution in [3.05, 3.63) is 40.6 Å². The van der Waals surface area contributed by atoms with Crippen LogP contribution in [0.25, 0.3) is 0 Å². The highest BCUT2D eigenvalue weighted by Crippen LogP contribution is 2.25. The maximum atomic E-state index is 12.4. The normalized spacial score (nSPS) is 14.4. The first-order chi connectivity index (χ1) is 13.8. The van der Waals surface area contributed by atoms with Crippen molar-refractivity contribution in [1.29, 1.82) is 0 Å². The monoisotopic (exact) mass is 423 g/mol. The molecule has 11 nitrogen and oxygen atoms in total. The average molecular weight is 423 g/mol. The largest absolute Gasteiger partial charge is 0.472 e. The molecule has 1 aromatic carbocycles. The second kappa shape index (κ2) is 8.57. The van der Waals surface area contributed by atoms with Gasteiger partial charge in [-0.1, -0.05) is 0 Å². The van der Waals surface area contributed by atoms with Gasteiger partial charge in [-0.15, -0.1) is 5.10 Å². The minimum Gasteiger partial charge on any atom is -0.472 e. The van der Waals surface area contributed by atoms with Gasteiger partial charge in [0.2, 0.25) is 15.9 Å². The summed E-state index contributed by atoms with van der Waals surface area (Å²) in [5.41, 5.74) is 0.389. The Morgan fingerprint density at radius 3 is 2.62 bits per heavy atom. The molecule has 1 aromatic heterocycles. The quantitative estimate of drug-likeness (QED) is 0.474. The first-order valence-electron chi connectivity index (χ1n) is 9.06. The molecule has 1 aliphatic heterocycles. The molecule has 1 amide bonds. The summed E-state index contributed by atoms with van der Waals surface area (Å²) < 4.78 is 33.7. The van der Waals surface area contributed by atoms with E-state index in [9.17, 15) is 23.3 Å². The summed E-state index contributed by atoms with van der Waals surface area (Å²) in [5.74, 6) is -0.0779. The molecule has 0 spiro atoms. The standard InChI is InChI=1S/C17H21N5O6S/c1-2-28-17-15(22(24)25)12-20(19-17)11-9-18-29(26,27)14-7-5-13(6-8-14)21-10-3-4-16(21)23/h5-8,12,18H,2-4,9-11H2,1H3. The Bertz CT molecular complexity index is 1000. The third-order valence-electron chi connectivity index (χ3n) is 4.35. The minimum absolute atomic E-state index is 0.0148. The summed E-state index contributed by atoms with van der Waals surface area (Å²) in [6.45, 7) is 2.61. The van der Waals surface area contributed by atoms with Crippen LogP contribution in [-0.4, -0.2) is 48.7 Å². The van der Waals surface area contributed by atoms with Crippen LogP contribution in [-0.2, 0) is 21.4 Å². The van der Waals surface area contributed by atoms with Gasteiger partial charge in [0.15, 0.2) is 0 Å². The number of rotatable bonds is 9.